The average Bonchev–Trinajstić information content (AvgIpc) is 3.52. The average molecular weight is 426 g/mol. The quantitative estimate of drug-likeness (QED) is 0.568. The molecule has 9 nitrogen and oxygen atoms in total. The monoisotopic (exact) mass is 426 g/mol. The van der Waals surface area contributed by atoms with E-state index >= 15 is 0 Å². The number of ether oxygens (including phenoxy) is 2. The fourth-order valence-electron chi connectivity index (χ4n) is 3.47. The van der Waals surface area contributed by atoms with E-state index in [9.17, 15) is 23.2 Å². The van der Waals surface area contributed by atoms with Crippen molar-refractivity contribution >= 4 is 29.1 Å². The summed E-state index contributed by atoms with van der Waals surface area (Å²) in [5.74, 6) is -2.20. The lowest BCUT2D eigenvalue weighted by atomic mass is 10.1. The number of morpholine rings is 1. The molecule has 2 aliphatic rings. The SMILES string of the molecule is CCN(C1CC1)[C@@H](C(N)=O)C(=O)Nc1ccc(N2CCOCC2=O)cc1OC(F)F. The number of benzene rings is 1. The van der Waals surface area contributed by atoms with Crippen LogP contribution in [0, 0.1) is 0 Å². The van der Waals surface area contributed by atoms with E-state index < -0.39 is 24.5 Å². The Morgan fingerprint density at radius 3 is 2.70 bits per heavy atom. The minimum atomic E-state index is -3.15. The molecular formula is C19H24F2N4O5. The molecule has 30 heavy (non-hydrogen) atoms. The van der Waals surface area contributed by atoms with Crippen LogP contribution in [-0.4, -0.2) is 67.6 Å². The Morgan fingerprint density at radius 2 is 2.13 bits per heavy atom. The van der Waals surface area contributed by atoms with Crippen molar-refractivity contribution in [2.45, 2.75) is 38.5 Å². The molecule has 3 rings (SSSR count). The largest absolute Gasteiger partial charge is 0.433 e. The Balaban J connectivity index is 1.85. The molecule has 0 spiro atoms. The van der Waals surface area contributed by atoms with Gasteiger partial charge in [-0.05, 0) is 31.5 Å². The predicted molar refractivity (Wildman–Crippen MR) is 103 cm³/mol. The highest BCUT2D eigenvalue weighted by atomic mass is 19.3. The van der Waals surface area contributed by atoms with Crippen molar-refractivity contribution < 1.29 is 32.6 Å². The number of halogens is 2. The summed E-state index contributed by atoms with van der Waals surface area (Å²) in [7, 11) is 0. The normalized spacial score (nSPS) is 17.9. The summed E-state index contributed by atoms with van der Waals surface area (Å²) in [5, 5.41) is 2.47. The first-order valence-electron chi connectivity index (χ1n) is 9.64. The van der Waals surface area contributed by atoms with Gasteiger partial charge in [0, 0.05) is 24.3 Å². The third kappa shape index (κ3) is 5.03. The molecule has 3 amide bonds. The number of nitrogens with one attached hydrogen (secondary N) is 1. The number of nitrogens with two attached hydrogens (primary N) is 1. The molecule has 1 atom stereocenters. The standard InChI is InChI=1S/C19H24F2N4O5/c1-2-24(11-3-4-11)16(17(22)27)18(28)23-13-6-5-12(9-14(13)30-19(20)21)25-7-8-29-10-15(25)26/h5-6,9,11,16,19H,2-4,7-8,10H2,1H3,(H2,22,27)(H,23,28)/t16-/m0/s1. The molecule has 0 bridgehead atoms. The molecule has 1 aliphatic heterocycles. The summed E-state index contributed by atoms with van der Waals surface area (Å²) in [6, 6.07) is 2.93. The van der Waals surface area contributed by atoms with Gasteiger partial charge in [0.1, 0.15) is 6.61 Å². The highest BCUT2D eigenvalue weighted by molar-refractivity contribution is 6.10. The number of primary amides is 1. The molecule has 1 aromatic rings. The van der Waals surface area contributed by atoms with Crippen molar-refractivity contribution in [3.8, 4) is 5.75 Å². The molecule has 1 aliphatic carbocycles. The number of amides is 3. The van der Waals surface area contributed by atoms with Gasteiger partial charge in [-0.2, -0.15) is 8.78 Å². The molecule has 0 unspecified atom stereocenters. The Hall–Kier alpha value is -2.79. The summed E-state index contributed by atoms with van der Waals surface area (Å²) in [6.07, 6.45) is 1.71. The molecular weight excluding hydrogens is 402 g/mol. The van der Waals surface area contributed by atoms with Crippen LogP contribution >= 0.6 is 0 Å². The maximum Gasteiger partial charge on any atom is 0.387 e. The third-order valence-corrected chi connectivity index (χ3v) is 4.97. The molecule has 1 heterocycles. The number of carbonyl (C=O) groups excluding carboxylic acids is 3. The van der Waals surface area contributed by atoms with E-state index in [1.54, 1.807) is 11.8 Å². The van der Waals surface area contributed by atoms with Gasteiger partial charge in [0.2, 0.25) is 5.91 Å². The smallest absolute Gasteiger partial charge is 0.387 e. The Kier molecular flexibility index (Phi) is 6.83. The van der Waals surface area contributed by atoms with Crippen molar-refractivity contribution in [1.29, 1.82) is 0 Å². The molecule has 0 radical (unpaired) electrons. The lowest BCUT2D eigenvalue weighted by molar-refractivity contribution is -0.132. The minimum absolute atomic E-state index is 0.0529. The zero-order valence-electron chi connectivity index (χ0n) is 16.5. The third-order valence-electron chi connectivity index (χ3n) is 4.97. The predicted octanol–water partition coefficient (Wildman–Crippen LogP) is 0.928. The molecule has 3 N–H and O–H groups in total. The second-order valence-corrected chi connectivity index (χ2v) is 7.01. The summed E-state index contributed by atoms with van der Waals surface area (Å²) in [4.78, 5) is 39.8. The van der Waals surface area contributed by atoms with Gasteiger partial charge in [0.05, 0.1) is 12.3 Å². The lowest BCUT2D eigenvalue weighted by Gasteiger charge is -2.29. The van der Waals surface area contributed by atoms with E-state index in [1.807, 2.05) is 0 Å². The fraction of sp³-hybridized carbons (Fsp3) is 0.526. The van der Waals surface area contributed by atoms with Gasteiger partial charge < -0.3 is 25.4 Å². The second-order valence-electron chi connectivity index (χ2n) is 7.01. The van der Waals surface area contributed by atoms with Crippen LogP contribution in [0.25, 0.3) is 0 Å². The van der Waals surface area contributed by atoms with Crippen LogP contribution in [0.2, 0.25) is 0 Å². The number of rotatable bonds is 9. The van der Waals surface area contributed by atoms with Crippen LogP contribution < -0.4 is 20.7 Å². The minimum Gasteiger partial charge on any atom is -0.433 e. The van der Waals surface area contributed by atoms with Gasteiger partial charge >= 0.3 is 6.61 Å². The first kappa shape index (κ1) is 21.9. The topological polar surface area (TPSA) is 114 Å². The van der Waals surface area contributed by atoms with Crippen molar-refractivity contribution in [2.24, 2.45) is 5.73 Å². The molecule has 11 heteroatoms. The van der Waals surface area contributed by atoms with Crippen LogP contribution in [0.5, 0.6) is 5.75 Å². The molecule has 0 aromatic heterocycles. The van der Waals surface area contributed by atoms with Crippen molar-refractivity contribution in [3.05, 3.63) is 18.2 Å². The number of likely N-dealkylation sites (N-methyl/N-ethyl adjacent to an activating group) is 1. The number of hydrogen-bond acceptors (Lipinski definition) is 6. The molecule has 2 fully saturated rings. The molecule has 1 saturated carbocycles. The van der Waals surface area contributed by atoms with Gasteiger partial charge in [-0.25, -0.2) is 0 Å². The van der Waals surface area contributed by atoms with Gasteiger partial charge in [-0.15, -0.1) is 0 Å². The van der Waals surface area contributed by atoms with E-state index in [0.717, 1.165) is 12.8 Å². The number of hydrogen-bond donors (Lipinski definition) is 2. The summed E-state index contributed by atoms with van der Waals surface area (Å²) in [6.45, 7) is -0.455. The van der Waals surface area contributed by atoms with Crippen molar-refractivity contribution in [3.63, 3.8) is 0 Å². The van der Waals surface area contributed by atoms with Gasteiger partial charge in [-0.1, -0.05) is 6.92 Å². The van der Waals surface area contributed by atoms with Crippen molar-refractivity contribution in [1.82, 2.24) is 4.90 Å². The van der Waals surface area contributed by atoms with Crippen LogP contribution in [0.15, 0.2) is 18.2 Å². The summed E-state index contributed by atoms with van der Waals surface area (Å²) < 4.78 is 35.5. The van der Waals surface area contributed by atoms with Crippen LogP contribution in [0.3, 0.4) is 0 Å². The van der Waals surface area contributed by atoms with Crippen LogP contribution in [0.1, 0.15) is 19.8 Å². The first-order chi connectivity index (χ1) is 14.3. The summed E-state index contributed by atoms with van der Waals surface area (Å²) in [5.41, 5.74) is 5.72. The van der Waals surface area contributed by atoms with E-state index in [4.69, 9.17) is 10.5 Å². The highest BCUT2D eigenvalue weighted by Gasteiger charge is 2.39. The molecule has 1 aromatic carbocycles. The zero-order valence-corrected chi connectivity index (χ0v) is 16.5. The van der Waals surface area contributed by atoms with Crippen LogP contribution in [-0.2, 0) is 19.1 Å². The Labute approximate surface area is 172 Å². The Morgan fingerprint density at radius 1 is 1.40 bits per heavy atom. The number of alkyl halides is 2. The maximum absolute atomic E-state index is 13.0. The number of carbonyl (C=O) groups is 3. The van der Waals surface area contributed by atoms with Gasteiger partial charge in [0.25, 0.3) is 11.8 Å². The van der Waals surface area contributed by atoms with E-state index in [-0.39, 0.29) is 36.5 Å². The number of anilines is 2. The highest BCUT2D eigenvalue weighted by Crippen LogP contribution is 2.33. The molecule has 164 valence electrons. The second kappa shape index (κ2) is 9.35. The van der Waals surface area contributed by atoms with Crippen molar-refractivity contribution in [2.75, 3.05) is 36.5 Å². The summed E-state index contributed by atoms with van der Waals surface area (Å²) >= 11 is 0. The maximum atomic E-state index is 13.0. The zero-order chi connectivity index (χ0) is 21.8. The van der Waals surface area contributed by atoms with Crippen LogP contribution in [0.4, 0.5) is 20.2 Å². The first-order valence-corrected chi connectivity index (χ1v) is 9.64. The van der Waals surface area contributed by atoms with E-state index in [2.05, 4.69) is 10.1 Å². The lowest BCUT2D eigenvalue weighted by Crippen LogP contribution is -2.53. The fourth-order valence-corrected chi connectivity index (χ4v) is 3.47. The van der Waals surface area contributed by atoms with Gasteiger partial charge in [-0.3, -0.25) is 19.3 Å². The molecule has 1 saturated heterocycles. The number of nitrogens with zero attached hydrogens (tertiary/aromatic N) is 2. The van der Waals surface area contributed by atoms with E-state index in [0.29, 0.717) is 18.8 Å². The Bertz CT molecular complexity index is 818. The van der Waals surface area contributed by atoms with Gasteiger partial charge in [0.15, 0.2) is 11.8 Å². The van der Waals surface area contributed by atoms with E-state index in [1.165, 1.54) is 23.1 Å².